The van der Waals surface area contributed by atoms with Crippen LogP contribution in [0, 0.1) is 0 Å². The van der Waals surface area contributed by atoms with E-state index in [2.05, 4.69) is 22.0 Å². The lowest BCUT2D eigenvalue weighted by Crippen LogP contribution is -2.31. The minimum Gasteiger partial charge on any atom is -0.391 e. The van der Waals surface area contributed by atoms with Gasteiger partial charge in [-0.3, -0.25) is 9.78 Å². The summed E-state index contributed by atoms with van der Waals surface area (Å²) in [5.74, 6) is 0.508. The average molecular weight is 422 g/mol. The van der Waals surface area contributed by atoms with E-state index in [1.165, 1.54) is 11.3 Å². The third kappa shape index (κ3) is 4.77. The number of fused-ring (bicyclic) bond motifs is 1. The fraction of sp³-hybridized carbons (Fsp3) is 0.333. The van der Waals surface area contributed by atoms with E-state index in [1.807, 2.05) is 49.5 Å². The zero-order chi connectivity index (χ0) is 20.9. The summed E-state index contributed by atoms with van der Waals surface area (Å²) in [5.41, 5.74) is 3.34. The second kappa shape index (κ2) is 9.49. The van der Waals surface area contributed by atoms with E-state index in [9.17, 15) is 9.90 Å². The van der Waals surface area contributed by atoms with E-state index in [0.29, 0.717) is 18.8 Å². The van der Waals surface area contributed by atoms with Crippen molar-refractivity contribution in [1.82, 2.24) is 9.88 Å². The van der Waals surface area contributed by atoms with Gasteiger partial charge in [0.05, 0.1) is 17.4 Å². The number of carbonyl (C=O) groups is 1. The van der Waals surface area contributed by atoms with Crippen molar-refractivity contribution in [2.24, 2.45) is 0 Å². The van der Waals surface area contributed by atoms with Gasteiger partial charge in [-0.25, -0.2) is 0 Å². The molecule has 1 atom stereocenters. The van der Waals surface area contributed by atoms with Gasteiger partial charge in [0.25, 0.3) is 0 Å². The minimum absolute atomic E-state index is 0.113. The number of rotatable bonds is 7. The number of aliphatic hydroxyl groups excluding tert-OH is 1. The molecule has 156 valence electrons. The molecular weight excluding hydrogens is 394 g/mol. The molecule has 1 aromatic heterocycles. The number of β-amino-alcohol motifs (C(OH)–C–C–N with tert-alkyl or cyclic N) is 1. The molecule has 0 aliphatic carbocycles. The molecule has 1 aliphatic rings. The molecule has 0 radical (unpaired) electrons. The van der Waals surface area contributed by atoms with Crippen LogP contribution < -0.4 is 4.90 Å². The van der Waals surface area contributed by atoms with Crippen molar-refractivity contribution in [1.29, 1.82) is 0 Å². The summed E-state index contributed by atoms with van der Waals surface area (Å²) in [6, 6.07) is 18.3. The van der Waals surface area contributed by atoms with E-state index in [0.717, 1.165) is 35.2 Å². The van der Waals surface area contributed by atoms with Gasteiger partial charge in [0.2, 0.25) is 5.91 Å². The predicted molar refractivity (Wildman–Crippen MR) is 123 cm³/mol. The maximum Gasteiger partial charge on any atom is 0.232 e. The topological polar surface area (TPSA) is 56.7 Å². The molecular formula is C24H27N3O2S. The molecule has 1 amide bonds. The summed E-state index contributed by atoms with van der Waals surface area (Å²) in [6.45, 7) is 2.23. The number of hydrogen-bond acceptors (Lipinski definition) is 5. The fourth-order valence-electron chi connectivity index (χ4n) is 3.85. The number of aliphatic hydroxyl groups is 1. The van der Waals surface area contributed by atoms with Gasteiger partial charge >= 0.3 is 0 Å². The van der Waals surface area contributed by atoms with E-state index >= 15 is 0 Å². The summed E-state index contributed by atoms with van der Waals surface area (Å²) in [6.07, 6.45) is 3.15. The third-order valence-electron chi connectivity index (χ3n) is 5.58. The van der Waals surface area contributed by atoms with E-state index < -0.39 is 0 Å². The molecule has 30 heavy (non-hydrogen) atoms. The number of amides is 1. The first kappa shape index (κ1) is 20.7. The fourth-order valence-corrected chi connectivity index (χ4v) is 4.83. The highest BCUT2D eigenvalue weighted by Gasteiger charge is 2.22. The highest BCUT2D eigenvalue weighted by Crippen LogP contribution is 2.27. The van der Waals surface area contributed by atoms with Crippen LogP contribution in [0.2, 0.25) is 0 Å². The van der Waals surface area contributed by atoms with E-state index in [-0.39, 0.29) is 12.0 Å². The lowest BCUT2D eigenvalue weighted by Gasteiger charge is -2.23. The SMILES string of the molecule is CN(CCc1ccccc1N1CC[C@H](O)C1)C(=O)CSc1cccc2cccnc12. The molecule has 0 spiro atoms. The molecule has 2 heterocycles. The zero-order valence-corrected chi connectivity index (χ0v) is 18.0. The molecule has 3 aromatic rings. The summed E-state index contributed by atoms with van der Waals surface area (Å²) in [4.78, 5) is 22.2. The molecule has 0 saturated carbocycles. The van der Waals surface area contributed by atoms with Crippen LogP contribution in [0.15, 0.2) is 65.7 Å². The highest BCUT2D eigenvalue weighted by molar-refractivity contribution is 8.00. The summed E-state index contributed by atoms with van der Waals surface area (Å²) >= 11 is 1.54. The number of hydrogen-bond donors (Lipinski definition) is 1. The van der Waals surface area contributed by atoms with Crippen LogP contribution in [0.5, 0.6) is 0 Å². The Balaban J connectivity index is 1.34. The predicted octanol–water partition coefficient (Wildman–Crippen LogP) is 3.60. The highest BCUT2D eigenvalue weighted by atomic mass is 32.2. The number of carbonyl (C=O) groups excluding carboxylic acids is 1. The molecule has 4 rings (SSSR count). The van der Waals surface area contributed by atoms with Crippen LogP contribution in [0.1, 0.15) is 12.0 Å². The minimum atomic E-state index is -0.247. The van der Waals surface area contributed by atoms with Gasteiger partial charge in [-0.1, -0.05) is 36.4 Å². The molecule has 6 heteroatoms. The summed E-state index contributed by atoms with van der Waals surface area (Å²) in [5, 5.41) is 11.0. The van der Waals surface area contributed by atoms with Crippen LogP contribution in [0.4, 0.5) is 5.69 Å². The quantitative estimate of drug-likeness (QED) is 0.591. The van der Waals surface area contributed by atoms with Crippen molar-refractivity contribution < 1.29 is 9.90 Å². The van der Waals surface area contributed by atoms with Crippen LogP contribution in [0.25, 0.3) is 10.9 Å². The number of para-hydroxylation sites is 2. The van der Waals surface area contributed by atoms with Crippen molar-refractivity contribution >= 4 is 34.3 Å². The average Bonchev–Trinajstić information content (AvgIpc) is 3.22. The lowest BCUT2D eigenvalue weighted by molar-refractivity contribution is -0.127. The summed E-state index contributed by atoms with van der Waals surface area (Å²) in [7, 11) is 1.87. The standard InChI is InChI=1S/C24H27N3O2S/c1-26(14-11-18-6-2-3-9-21(18)27-15-12-20(28)16-27)23(29)17-30-22-10-4-7-19-8-5-13-25-24(19)22/h2-10,13,20,28H,11-12,14-17H2,1H3/t20-/m0/s1. The molecule has 1 saturated heterocycles. The van der Waals surface area contributed by atoms with Gasteiger partial charge in [0.15, 0.2) is 0 Å². The third-order valence-corrected chi connectivity index (χ3v) is 6.62. The Morgan fingerprint density at radius 1 is 1.20 bits per heavy atom. The number of anilines is 1. The van der Waals surface area contributed by atoms with Crippen LogP contribution in [-0.4, -0.2) is 59.4 Å². The molecule has 1 aliphatic heterocycles. The molecule has 0 bridgehead atoms. The summed E-state index contributed by atoms with van der Waals surface area (Å²) < 4.78 is 0. The van der Waals surface area contributed by atoms with Gasteiger partial charge in [-0.05, 0) is 36.6 Å². The largest absolute Gasteiger partial charge is 0.391 e. The van der Waals surface area contributed by atoms with Gasteiger partial charge in [-0.15, -0.1) is 11.8 Å². The Kier molecular flexibility index (Phi) is 6.55. The van der Waals surface area contributed by atoms with Gasteiger partial charge < -0.3 is 14.9 Å². The number of aromatic nitrogens is 1. The van der Waals surface area contributed by atoms with E-state index in [4.69, 9.17) is 0 Å². The zero-order valence-electron chi connectivity index (χ0n) is 17.2. The number of benzene rings is 2. The molecule has 5 nitrogen and oxygen atoms in total. The Bertz CT molecular complexity index is 1020. The van der Waals surface area contributed by atoms with Crippen molar-refractivity contribution in [3.63, 3.8) is 0 Å². The first-order chi connectivity index (χ1) is 14.6. The van der Waals surface area contributed by atoms with Crippen LogP contribution in [0.3, 0.4) is 0 Å². The monoisotopic (exact) mass is 421 g/mol. The number of nitrogens with zero attached hydrogens (tertiary/aromatic N) is 3. The van der Waals surface area contributed by atoms with Gasteiger partial charge in [0.1, 0.15) is 0 Å². The molecule has 0 unspecified atom stereocenters. The van der Waals surface area contributed by atoms with E-state index in [1.54, 1.807) is 22.9 Å². The molecule has 2 aromatic carbocycles. The van der Waals surface area contributed by atoms with Gasteiger partial charge in [-0.2, -0.15) is 0 Å². The van der Waals surface area contributed by atoms with Crippen LogP contribution in [-0.2, 0) is 11.2 Å². The maximum atomic E-state index is 12.7. The van der Waals surface area contributed by atoms with Crippen molar-refractivity contribution in [3.8, 4) is 0 Å². The lowest BCUT2D eigenvalue weighted by atomic mass is 10.1. The van der Waals surface area contributed by atoms with Crippen molar-refractivity contribution in [2.45, 2.75) is 23.8 Å². The normalized spacial score (nSPS) is 16.2. The first-order valence-corrected chi connectivity index (χ1v) is 11.3. The van der Waals surface area contributed by atoms with Crippen LogP contribution >= 0.6 is 11.8 Å². The second-order valence-corrected chi connectivity index (χ2v) is 8.72. The Labute approximate surface area is 181 Å². The smallest absolute Gasteiger partial charge is 0.232 e. The maximum absolute atomic E-state index is 12.7. The molecule has 1 N–H and O–H groups in total. The molecule has 1 fully saturated rings. The Hall–Kier alpha value is -2.57. The number of thioether (sulfide) groups is 1. The Morgan fingerprint density at radius 2 is 2.03 bits per heavy atom. The number of pyridine rings is 1. The van der Waals surface area contributed by atoms with Crippen molar-refractivity contribution in [2.75, 3.05) is 37.3 Å². The second-order valence-electron chi connectivity index (χ2n) is 7.70. The first-order valence-electron chi connectivity index (χ1n) is 10.3. The number of likely N-dealkylation sites (N-methyl/N-ethyl adjacent to an activating group) is 1. The van der Waals surface area contributed by atoms with Crippen molar-refractivity contribution in [3.05, 3.63) is 66.4 Å². The van der Waals surface area contributed by atoms with Gasteiger partial charge in [0, 0.05) is 48.8 Å². The Morgan fingerprint density at radius 3 is 2.87 bits per heavy atom.